The molecule has 0 aromatic heterocycles. The minimum atomic E-state index is -0.790. The van der Waals surface area contributed by atoms with Crippen molar-refractivity contribution in [2.45, 2.75) is 341 Å². The Bertz CT molecular complexity index is 1330. The van der Waals surface area contributed by atoms with Crippen molar-refractivity contribution >= 4 is 17.9 Å². The van der Waals surface area contributed by atoms with Crippen LogP contribution in [0.25, 0.3) is 0 Å². The number of rotatable bonds is 59. The maximum Gasteiger partial charge on any atom is 0.306 e. The highest BCUT2D eigenvalue weighted by atomic mass is 16.6. The molecule has 0 N–H and O–H groups in total. The molecular formula is C68H122O6. The average Bonchev–Trinajstić information content (AvgIpc) is 3.40. The van der Waals surface area contributed by atoms with Gasteiger partial charge in [-0.25, -0.2) is 0 Å². The fraction of sp³-hybridized carbons (Fsp3) is 0.809. The number of ether oxygens (including phenoxy) is 3. The lowest BCUT2D eigenvalue weighted by molar-refractivity contribution is -0.167. The van der Waals surface area contributed by atoms with Gasteiger partial charge < -0.3 is 14.2 Å². The van der Waals surface area contributed by atoms with E-state index >= 15 is 0 Å². The van der Waals surface area contributed by atoms with Crippen molar-refractivity contribution in [1.82, 2.24) is 0 Å². The van der Waals surface area contributed by atoms with Crippen molar-refractivity contribution in [1.29, 1.82) is 0 Å². The van der Waals surface area contributed by atoms with Crippen LogP contribution in [0.15, 0.2) is 60.8 Å². The predicted molar refractivity (Wildman–Crippen MR) is 321 cm³/mol. The zero-order valence-corrected chi connectivity index (χ0v) is 49.4. The Labute approximate surface area is 460 Å². The average molecular weight is 1040 g/mol. The molecule has 0 amide bonds. The Morgan fingerprint density at radius 1 is 0.284 bits per heavy atom. The predicted octanol–water partition coefficient (Wildman–Crippen LogP) is 21.9. The summed E-state index contributed by atoms with van der Waals surface area (Å²) in [5, 5.41) is 0. The van der Waals surface area contributed by atoms with Crippen molar-refractivity contribution in [3.05, 3.63) is 60.8 Å². The van der Waals surface area contributed by atoms with Gasteiger partial charge in [0.1, 0.15) is 13.2 Å². The topological polar surface area (TPSA) is 78.9 Å². The standard InChI is InChI=1S/C68H122O6/c1-4-7-10-13-16-19-22-25-28-31-32-33-34-35-36-38-40-43-46-49-52-55-58-61-67(70)73-64-65(63-72-66(69)60-57-54-51-48-45-42-39-30-27-24-21-18-15-12-9-6-3)74-68(71)62-59-56-53-50-47-44-41-37-29-26-23-20-17-14-11-8-5-2/h8,11,17,20,26,29-30,39,41,44,65H,4-7,9-10,12-16,18-19,21-25,27-28,31-38,40,42-43,45-64H2,1-3H3/b11-8-,20-17-,29-26-,39-30-,44-41-. The van der Waals surface area contributed by atoms with E-state index in [1.54, 1.807) is 0 Å². The molecule has 0 bridgehead atoms. The first-order valence-electron chi connectivity index (χ1n) is 32.3. The maximum atomic E-state index is 12.9. The highest BCUT2D eigenvalue weighted by Gasteiger charge is 2.19. The van der Waals surface area contributed by atoms with Gasteiger partial charge in [-0.05, 0) is 83.5 Å². The molecule has 0 spiro atoms. The first kappa shape index (κ1) is 71.1. The number of carbonyl (C=O) groups excluding carboxylic acids is 3. The molecule has 0 aliphatic rings. The smallest absolute Gasteiger partial charge is 0.306 e. The number of esters is 3. The number of unbranched alkanes of at least 4 members (excludes halogenated alkanes) is 38. The first-order valence-corrected chi connectivity index (χ1v) is 32.3. The third-order valence-electron chi connectivity index (χ3n) is 14.3. The van der Waals surface area contributed by atoms with E-state index in [-0.39, 0.29) is 31.1 Å². The highest BCUT2D eigenvalue weighted by Crippen LogP contribution is 2.17. The Kier molecular flexibility index (Phi) is 60.2. The molecule has 0 aliphatic carbocycles. The number of allylic oxidation sites excluding steroid dienone is 10. The molecule has 0 aromatic carbocycles. The van der Waals surface area contributed by atoms with Crippen molar-refractivity contribution < 1.29 is 28.6 Å². The van der Waals surface area contributed by atoms with E-state index in [1.807, 2.05) is 0 Å². The second-order valence-electron chi connectivity index (χ2n) is 21.6. The van der Waals surface area contributed by atoms with Crippen LogP contribution < -0.4 is 0 Å². The second kappa shape index (κ2) is 62.6. The third-order valence-corrected chi connectivity index (χ3v) is 14.3. The molecule has 0 heterocycles. The SMILES string of the molecule is CC/C=C\C/C=C\C/C=C\C/C=C\CCCCCCC(=O)OC(COC(=O)CCCCCCC/C=C\CCCCCCCCC)COC(=O)CCCCCCCCCCCCCCCCCCCCCCCCC. The van der Waals surface area contributed by atoms with E-state index in [4.69, 9.17) is 14.2 Å². The summed E-state index contributed by atoms with van der Waals surface area (Å²) < 4.78 is 16.9. The number of hydrogen-bond acceptors (Lipinski definition) is 6. The molecule has 0 rings (SSSR count). The summed E-state index contributed by atoms with van der Waals surface area (Å²) in [6.45, 7) is 6.55. The van der Waals surface area contributed by atoms with E-state index in [9.17, 15) is 14.4 Å². The molecular weight excluding hydrogens is 913 g/mol. The Balaban J connectivity index is 4.34. The lowest BCUT2D eigenvalue weighted by Gasteiger charge is -2.18. The molecule has 1 atom stereocenters. The van der Waals surface area contributed by atoms with Crippen LogP contribution in [-0.2, 0) is 28.6 Å². The van der Waals surface area contributed by atoms with E-state index in [0.29, 0.717) is 19.3 Å². The Morgan fingerprint density at radius 3 is 0.838 bits per heavy atom. The largest absolute Gasteiger partial charge is 0.462 e. The monoisotopic (exact) mass is 1030 g/mol. The fourth-order valence-electron chi connectivity index (χ4n) is 9.43. The van der Waals surface area contributed by atoms with Crippen LogP contribution in [0.4, 0.5) is 0 Å². The lowest BCUT2D eigenvalue weighted by Crippen LogP contribution is -2.30. The van der Waals surface area contributed by atoms with Crippen LogP contribution in [-0.4, -0.2) is 37.2 Å². The van der Waals surface area contributed by atoms with Gasteiger partial charge >= 0.3 is 17.9 Å². The van der Waals surface area contributed by atoms with Gasteiger partial charge in [0.15, 0.2) is 6.10 Å². The quantitative estimate of drug-likeness (QED) is 0.0261. The molecule has 0 saturated carbocycles. The van der Waals surface area contributed by atoms with Crippen molar-refractivity contribution in [3.63, 3.8) is 0 Å². The lowest BCUT2D eigenvalue weighted by atomic mass is 10.0. The zero-order valence-electron chi connectivity index (χ0n) is 49.4. The van der Waals surface area contributed by atoms with Gasteiger partial charge in [-0.2, -0.15) is 0 Å². The Hall–Kier alpha value is -2.89. The number of carbonyl (C=O) groups is 3. The molecule has 1 unspecified atom stereocenters. The summed E-state index contributed by atoms with van der Waals surface area (Å²) in [5.41, 5.74) is 0. The summed E-state index contributed by atoms with van der Waals surface area (Å²) >= 11 is 0. The van der Waals surface area contributed by atoms with Gasteiger partial charge in [-0.1, -0.05) is 293 Å². The third kappa shape index (κ3) is 60.0. The molecule has 6 heteroatoms. The molecule has 0 saturated heterocycles. The van der Waals surface area contributed by atoms with Gasteiger partial charge in [0.25, 0.3) is 0 Å². The van der Waals surface area contributed by atoms with Crippen LogP contribution in [0.3, 0.4) is 0 Å². The minimum absolute atomic E-state index is 0.0838. The summed E-state index contributed by atoms with van der Waals surface area (Å²) in [4.78, 5) is 38.3. The van der Waals surface area contributed by atoms with Gasteiger partial charge in [-0.15, -0.1) is 0 Å². The zero-order chi connectivity index (χ0) is 53.6. The summed E-state index contributed by atoms with van der Waals surface area (Å²) in [5.74, 6) is -0.898. The minimum Gasteiger partial charge on any atom is -0.462 e. The molecule has 0 aromatic rings. The maximum absolute atomic E-state index is 12.9. The molecule has 430 valence electrons. The molecule has 0 fully saturated rings. The first-order chi connectivity index (χ1) is 36.5. The van der Waals surface area contributed by atoms with E-state index in [0.717, 1.165) is 103 Å². The van der Waals surface area contributed by atoms with Gasteiger partial charge in [0.2, 0.25) is 0 Å². The van der Waals surface area contributed by atoms with Crippen molar-refractivity contribution in [2.75, 3.05) is 13.2 Å². The molecule has 0 aliphatic heterocycles. The van der Waals surface area contributed by atoms with Crippen molar-refractivity contribution in [2.24, 2.45) is 0 Å². The van der Waals surface area contributed by atoms with Crippen LogP contribution in [0, 0.1) is 0 Å². The van der Waals surface area contributed by atoms with Crippen LogP contribution in [0.2, 0.25) is 0 Å². The summed E-state index contributed by atoms with van der Waals surface area (Å²) in [6, 6.07) is 0. The van der Waals surface area contributed by atoms with E-state index in [2.05, 4.69) is 81.5 Å². The summed E-state index contributed by atoms with van der Waals surface area (Å²) in [7, 11) is 0. The normalized spacial score (nSPS) is 12.4. The van der Waals surface area contributed by atoms with Crippen LogP contribution >= 0.6 is 0 Å². The molecule has 6 nitrogen and oxygen atoms in total. The molecule has 0 radical (unpaired) electrons. The van der Waals surface area contributed by atoms with Crippen LogP contribution in [0.5, 0.6) is 0 Å². The number of hydrogen-bond donors (Lipinski definition) is 0. The van der Waals surface area contributed by atoms with Gasteiger partial charge in [-0.3, -0.25) is 14.4 Å². The van der Waals surface area contributed by atoms with Gasteiger partial charge in [0.05, 0.1) is 0 Å². The van der Waals surface area contributed by atoms with E-state index in [1.165, 1.54) is 193 Å². The fourth-order valence-corrected chi connectivity index (χ4v) is 9.43. The summed E-state index contributed by atoms with van der Waals surface area (Å²) in [6.07, 6.45) is 79.5. The van der Waals surface area contributed by atoms with Crippen molar-refractivity contribution in [3.8, 4) is 0 Å². The van der Waals surface area contributed by atoms with Gasteiger partial charge in [0, 0.05) is 19.3 Å². The van der Waals surface area contributed by atoms with Crippen LogP contribution in [0.1, 0.15) is 335 Å². The Morgan fingerprint density at radius 2 is 0.527 bits per heavy atom. The molecule has 74 heavy (non-hydrogen) atoms. The van der Waals surface area contributed by atoms with E-state index < -0.39 is 6.10 Å². The highest BCUT2D eigenvalue weighted by molar-refractivity contribution is 5.71. The second-order valence-corrected chi connectivity index (χ2v) is 21.6.